The molecule has 2 N–H and O–H groups in total. The molecule has 0 spiro atoms. The van der Waals surface area contributed by atoms with E-state index in [0.717, 1.165) is 12.7 Å². The topological polar surface area (TPSA) is 146 Å². The van der Waals surface area contributed by atoms with Crippen LogP contribution in [0, 0.1) is 0 Å². The molecule has 1 amide bonds. The third-order valence-electron chi connectivity index (χ3n) is 4.50. The van der Waals surface area contributed by atoms with Gasteiger partial charge in [-0.2, -0.15) is 4.72 Å². The van der Waals surface area contributed by atoms with Gasteiger partial charge in [-0.3, -0.25) is 9.48 Å². The highest BCUT2D eigenvalue weighted by Crippen LogP contribution is 2.23. The van der Waals surface area contributed by atoms with Crippen molar-refractivity contribution in [2.75, 3.05) is 6.26 Å². The molecule has 16 heteroatoms. The fourth-order valence-corrected chi connectivity index (χ4v) is 3.30. The Morgan fingerprint density at radius 1 is 1.11 bits per heavy atom. The van der Waals surface area contributed by atoms with E-state index in [-0.39, 0.29) is 24.7 Å². The summed E-state index contributed by atoms with van der Waals surface area (Å²) in [6.07, 6.45) is 1.47. The average molecular weight is 517 g/mol. The predicted octanol–water partition coefficient (Wildman–Crippen LogP) is 1.23. The minimum atomic E-state index is -4.80. The fourth-order valence-electron chi connectivity index (χ4n) is 2.93. The number of sulfonamides is 1. The van der Waals surface area contributed by atoms with Crippen LogP contribution >= 0.6 is 0 Å². The Morgan fingerprint density at radius 2 is 1.89 bits per heavy atom. The lowest BCUT2D eigenvalue weighted by atomic mass is 10.2. The van der Waals surface area contributed by atoms with Crippen molar-refractivity contribution in [1.29, 1.82) is 0 Å². The second-order valence-corrected chi connectivity index (χ2v) is 9.36. The largest absolute Gasteiger partial charge is 0.573 e. The summed E-state index contributed by atoms with van der Waals surface area (Å²) in [5, 5.41) is 18.1. The second-order valence-electron chi connectivity index (χ2n) is 7.53. The molecule has 3 rings (SSSR count). The maximum atomic E-state index is 12.3. The van der Waals surface area contributed by atoms with Gasteiger partial charge in [-0.15, -0.1) is 23.4 Å². The Kier molecular flexibility index (Phi) is 8.39. The first-order valence-electron chi connectivity index (χ1n) is 10.3. The van der Waals surface area contributed by atoms with Crippen molar-refractivity contribution in [3.8, 4) is 5.75 Å². The minimum Gasteiger partial charge on any atom is -0.406 e. The predicted molar refractivity (Wildman–Crippen MR) is 115 cm³/mol. The summed E-state index contributed by atoms with van der Waals surface area (Å²) in [7, 11) is -3.32. The number of carbonyl (C=O) groups is 1. The van der Waals surface area contributed by atoms with Crippen molar-refractivity contribution in [2.24, 2.45) is 0 Å². The van der Waals surface area contributed by atoms with Crippen LogP contribution in [-0.2, 0) is 36.2 Å². The molecule has 2 aromatic heterocycles. The van der Waals surface area contributed by atoms with Gasteiger partial charge in [-0.05, 0) is 37.0 Å². The van der Waals surface area contributed by atoms with Gasteiger partial charge < -0.3 is 10.1 Å². The van der Waals surface area contributed by atoms with Gasteiger partial charge in [0.25, 0.3) is 5.91 Å². The van der Waals surface area contributed by atoms with E-state index in [9.17, 15) is 26.4 Å². The van der Waals surface area contributed by atoms with Crippen LogP contribution in [-0.4, -0.2) is 56.9 Å². The maximum absolute atomic E-state index is 12.3. The number of aromatic nitrogens is 6. The Balaban J connectivity index is 1.40. The van der Waals surface area contributed by atoms with Crippen molar-refractivity contribution in [3.63, 3.8) is 0 Å². The summed E-state index contributed by atoms with van der Waals surface area (Å²) in [6.45, 7) is 0.490. The smallest absolute Gasteiger partial charge is 0.406 e. The van der Waals surface area contributed by atoms with Crippen molar-refractivity contribution >= 4 is 15.9 Å². The third-order valence-corrected chi connectivity index (χ3v) is 5.15. The van der Waals surface area contributed by atoms with Crippen LogP contribution in [0.2, 0.25) is 0 Å². The molecule has 0 saturated heterocycles. The molecule has 35 heavy (non-hydrogen) atoms. The average Bonchev–Trinajstić information content (AvgIpc) is 3.42. The van der Waals surface area contributed by atoms with Gasteiger partial charge >= 0.3 is 6.36 Å². The molecule has 0 radical (unpaired) electrons. The Morgan fingerprint density at radius 3 is 2.63 bits per heavy atom. The third kappa shape index (κ3) is 9.32. The molecule has 0 bridgehead atoms. The standard InChI is InChI=1S/C19H23F3N8O4S/c1-35(32,33)24-13-30-11-15(25-27-30)6-2-3-8-29-12-17(26-28-29)18(31)23-10-14-5-4-7-16(9-14)34-19(20,21)22/h4-5,7,9,11-12,24H,2-3,6,8,10,13H2,1H3,(H,23,31). The first kappa shape index (κ1) is 26.1. The number of aryl methyl sites for hydroxylation is 2. The van der Waals surface area contributed by atoms with Crippen LogP contribution in [0.1, 0.15) is 34.6 Å². The Hall–Kier alpha value is -3.53. The van der Waals surface area contributed by atoms with Gasteiger partial charge in [0.2, 0.25) is 10.0 Å². The number of unbranched alkanes of at least 4 members (excludes halogenated alkanes) is 1. The molecule has 2 heterocycles. The monoisotopic (exact) mass is 516 g/mol. The molecule has 0 saturated carbocycles. The SMILES string of the molecule is CS(=O)(=O)NCn1cc(CCCCn2cc(C(=O)NCc3cccc(OC(F)(F)F)c3)nn2)nn1. The number of hydrogen-bond donors (Lipinski definition) is 2. The number of nitrogens with one attached hydrogen (secondary N) is 2. The molecule has 3 aromatic rings. The van der Waals surface area contributed by atoms with Crippen molar-refractivity contribution < 1.29 is 31.1 Å². The van der Waals surface area contributed by atoms with E-state index in [1.165, 1.54) is 33.8 Å². The number of amides is 1. The van der Waals surface area contributed by atoms with E-state index < -0.39 is 22.3 Å². The Bertz CT molecular complexity index is 1240. The molecule has 0 aliphatic rings. The summed E-state index contributed by atoms with van der Waals surface area (Å²) in [4.78, 5) is 12.3. The summed E-state index contributed by atoms with van der Waals surface area (Å²) in [6, 6.07) is 5.31. The highest BCUT2D eigenvalue weighted by Gasteiger charge is 2.31. The maximum Gasteiger partial charge on any atom is 0.573 e. The number of benzene rings is 1. The molecule has 0 atom stereocenters. The van der Waals surface area contributed by atoms with E-state index >= 15 is 0 Å². The zero-order valence-corrected chi connectivity index (χ0v) is 19.4. The number of rotatable bonds is 12. The molecule has 0 aliphatic carbocycles. The fraction of sp³-hybridized carbons (Fsp3) is 0.421. The summed E-state index contributed by atoms with van der Waals surface area (Å²) < 4.78 is 68.3. The molecule has 0 unspecified atom stereocenters. The highest BCUT2D eigenvalue weighted by atomic mass is 32.2. The second kappa shape index (κ2) is 11.3. The van der Waals surface area contributed by atoms with E-state index in [1.807, 2.05) is 0 Å². The van der Waals surface area contributed by atoms with Crippen LogP contribution in [0.15, 0.2) is 36.7 Å². The van der Waals surface area contributed by atoms with E-state index in [0.29, 0.717) is 30.6 Å². The molecule has 190 valence electrons. The lowest BCUT2D eigenvalue weighted by molar-refractivity contribution is -0.274. The van der Waals surface area contributed by atoms with E-state index in [2.05, 4.69) is 35.4 Å². The molecular weight excluding hydrogens is 493 g/mol. The first-order valence-corrected chi connectivity index (χ1v) is 12.2. The van der Waals surface area contributed by atoms with Crippen LogP contribution in [0.4, 0.5) is 13.2 Å². The van der Waals surface area contributed by atoms with Crippen molar-refractivity contribution in [2.45, 2.75) is 45.4 Å². The Labute approximate surface area is 198 Å². The quantitative estimate of drug-likeness (QED) is 0.342. The molecule has 1 aromatic carbocycles. The van der Waals surface area contributed by atoms with Crippen molar-refractivity contribution in [1.82, 2.24) is 40.0 Å². The van der Waals surface area contributed by atoms with Gasteiger partial charge in [-0.1, -0.05) is 22.6 Å². The highest BCUT2D eigenvalue weighted by molar-refractivity contribution is 7.88. The molecular formula is C19H23F3N8O4S. The van der Waals surface area contributed by atoms with Crippen LogP contribution in [0.5, 0.6) is 5.75 Å². The normalized spacial score (nSPS) is 12.0. The van der Waals surface area contributed by atoms with Gasteiger partial charge in [0.1, 0.15) is 12.4 Å². The van der Waals surface area contributed by atoms with Crippen LogP contribution in [0.3, 0.4) is 0 Å². The van der Waals surface area contributed by atoms with Gasteiger partial charge in [0.05, 0.1) is 18.1 Å². The lowest BCUT2D eigenvalue weighted by Crippen LogP contribution is -2.25. The first-order chi connectivity index (χ1) is 16.5. The number of hydrogen-bond acceptors (Lipinski definition) is 8. The summed E-state index contributed by atoms with van der Waals surface area (Å²) >= 11 is 0. The molecule has 0 aliphatic heterocycles. The number of nitrogens with zero attached hydrogens (tertiary/aromatic N) is 6. The zero-order valence-electron chi connectivity index (χ0n) is 18.6. The summed E-state index contributed by atoms with van der Waals surface area (Å²) in [5.74, 6) is -0.888. The lowest BCUT2D eigenvalue weighted by Gasteiger charge is -2.10. The number of alkyl halides is 3. The zero-order chi connectivity index (χ0) is 25.5. The summed E-state index contributed by atoms with van der Waals surface area (Å²) in [5.41, 5.74) is 1.22. The minimum absolute atomic E-state index is 0.00238. The van der Waals surface area contributed by atoms with Crippen LogP contribution < -0.4 is 14.8 Å². The van der Waals surface area contributed by atoms with E-state index in [4.69, 9.17) is 0 Å². The number of ether oxygens (including phenoxy) is 1. The number of halogens is 3. The molecule has 0 fully saturated rings. The van der Waals surface area contributed by atoms with E-state index in [1.54, 1.807) is 12.3 Å². The number of carbonyl (C=O) groups excluding carboxylic acids is 1. The van der Waals surface area contributed by atoms with Gasteiger partial charge in [0, 0.05) is 19.3 Å². The van der Waals surface area contributed by atoms with Gasteiger partial charge in [0.15, 0.2) is 5.69 Å². The van der Waals surface area contributed by atoms with Gasteiger partial charge in [-0.25, -0.2) is 13.1 Å². The van der Waals surface area contributed by atoms with Crippen LogP contribution in [0.25, 0.3) is 0 Å². The molecule has 12 nitrogen and oxygen atoms in total. The van der Waals surface area contributed by atoms with Crippen molar-refractivity contribution in [3.05, 3.63) is 53.6 Å².